The standard InChI is InChI=1S/C16H25NO4S/c1-16(2,3)13-5-7-14(8-6-13)22(20,21)12-11-17(4)10-9-15(18)19/h5-8H,9-12H2,1-4H3,(H,18,19). The topological polar surface area (TPSA) is 74.7 Å². The Morgan fingerprint density at radius 2 is 1.68 bits per heavy atom. The third-order valence-electron chi connectivity index (χ3n) is 3.53. The first-order valence-corrected chi connectivity index (χ1v) is 8.91. The molecule has 6 heteroatoms. The molecule has 0 unspecified atom stereocenters. The predicted molar refractivity (Wildman–Crippen MR) is 86.9 cm³/mol. The zero-order valence-corrected chi connectivity index (χ0v) is 14.5. The maximum atomic E-state index is 12.3. The summed E-state index contributed by atoms with van der Waals surface area (Å²) in [6.45, 7) is 6.89. The van der Waals surface area contributed by atoms with Crippen molar-refractivity contribution < 1.29 is 18.3 Å². The van der Waals surface area contributed by atoms with Crippen LogP contribution >= 0.6 is 0 Å². The molecule has 0 saturated carbocycles. The van der Waals surface area contributed by atoms with Crippen molar-refractivity contribution in [1.29, 1.82) is 0 Å². The smallest absolute Gasteiger partial charge is 0.304 e. The van der Waals surface area contributed by atoms with Crippen molar-refractivity contribution in [2.75, 3.05) is 25.9 Å². The lowest BCUT2D eigenvalue weighted by atomic mass is 9.87. The van der Waals surface area contributed by atoms with E-state index < -0.39 is 15.8 Å². The van der Waals surface area contributed by atoms with Gasteiger partial charge in [0.25, 0.3) is 0 Å². The number of carboxylic acid groups (broad SMARTS) is 1. The number of carboxylic acids is 1. The molecule has 0 aliphatic rings. The molecule has 0 fully saturated rings. The molecule has 1 N–H and O–H groups in total. The number of aliphatic carboxylic acids is 1. The lowest BCUT2D eigenvalue weighted by Gasteiger charge is -2.19. The lowest BCUT2D eigenvalue weighted by molar-refractivity contribution is -0.137. The van der Waals surface area contributed by atoms with Gasteiger partial charge in [0, 0.05) is 13.1 Å². The summed E-state index contributed by atoms with van der Waals surface area (Å²) in [5.74, 6) is -0.898. The van der Waals surface area contributed by atoms with Crippen LogP contribution in [-0.2, 0) is 20.0 Å². The minimum atomic E-state index is -3.35. The Labute approximate surface area is 132 Å². The van der Waals surface area contributed by atoms with Crippen LogP contribution in [0.5, 0.6) is 0 Å². The van der Waals surface area contributed by atoms with E-state index in [0.717, 1.165) is 5.56 Å². The Bertz CT molecular complexity index is 600. The van der Waals surface area contributed by atoms with Crippen LogP contribution in [0.25, 0.3) is 0 Å². The second kappa shape index (κ2) is 7.24. The largest absolute Gasteiger partial charge is 0.481 e. The summed E-state index contributed by atoms with van der Waals surface area (Å²) >= 11 is 0. The van der Waals surface area contributed by atoms with Crippen molar-refractivity contribution in [3.8, 4) is 0 Å². The second-order valence-electron chi connectivity index (χ2n) is 6.54. The third kappa shape index (κ3) is 5.77. The molecule has 0 atom stereocenters. The van der Waals surface area contributed by atoms with E-state index in [4.69, 9.17) is 5.11 Å². The molecule has 1 rings (SSSR count). The van der Waals surface area contributed by atoms with E-state index in [1.807, 2.05) is 12.1 Å². The molecule has 0 amide bonds. The number of benzene rings is 1. The summed E-state index contributed by atoms with van der Waals surface area (Å²) in [6, 6.07) is 6.99. The van der Waals surface area contributed by atoms with E-state index in [-0.39, 0.29) is 17.6 Å². The van der Waals surface area contributed by atoms with Gasteiger partial charge in [0.15, 0.2) is 9.84 Å². The van der Waals surface area contributed by atoms with Gasteiger partial charge in [-0.05, 0) is 30.2 Å². The van der Waals surface area contributed by atoms with Crippen molar-refractivity contribution in [1.82, 2.24) is 4.90 Å². The van der Waals surface area contributed by atoms with E-state index in [0.29, 0.717) is 18.0 Å². The summed E-state index contributed by atoms with van der Waals surface area (Å²) in [5, 5.41) is 8.62. The molecule has 0 aliphatic carbocycles. The highest BCUT2D eigenvalue weighted by atomic mass is 32.2. The molecule has 1 aromatic rings. The molecule has 5 nitrogen and oxygen atoms in total. The van der Waals surface area contributed by atoms with Gasteiger partial charge in [-0.3, -0.25) is 4.79 Å². The van der Waals surface area contributed by atoms with Crippen LogP contribution in [0.15, 0.2) is 29.2 Å². The molecule has 0 heterocycles. The maximum absolute atomic E-state index is 12.3. The summed E-state index contributed by atoms with van der Waals surface area (Å²) in [4.78, 5) is 12.5. The van der Waals surface area contributed by atoms with Crippen molar-refractivity contribution in [3.05, 3.63) is 29.8 Å². The number of hydrogen-bond donors (Lipinski definition) is 1. The van der Waals surface area contributed by atoms with Crippen LogP contribution in [0, 0.1) is 0 Å². The van der Waals surface area contributed by atoms with Crippen LogP contribution < -0.4 is 0 Å². The summed E-state index contributed by atoms with van der Waals surface area (Å²) in [6.07, 6.45) is 0.0107. The zero-order valence-electron chi connectivity index (χ0n) is 13.7. The molecule has 22 heavy (non-hydrogen) atoms. The number of nitrogens with zero attached hydrogens (tertiary/aromatic N) is 1. The monoisotopic (exact) mass is 327 g/mol. The second-order valence-corrected chi connectivity index (χ2v) is 8.65. The Balaban J connectivity index is 2.68. The zero-order chi connectivity index (χ0) is 17.0. The Morgan fingerprint density at radius 1 is 1.14 bits per heavy atom. The average molecular weight is 327 g/mol. The predicted octanol–water partition coefficient (Wildman–Crippen LogP) is 2.16. The van der Waals surface area contributed by atoms with Crippen molar-refractivity contribution in [2.45, 2.75) is 37.5 Å². The molecule has 0 aliphatic heterocycles. The van der Waals surface area contributed by atoms with Crippen molar-refractivity contribution in [2.24, 2.45) is 0 Å². The fourth-order valence-corrected chi connectivity index (χ4v) is 3.29. The lowest BCUT2D eigenvalue weighted by Crippen LogP contribution is -2.28. The number of hydrogen-bond acceptors (Lipinski definition) is 4. The molecule has 0 saturated heterocycles. The van der Waals surface area contributed by atoms with Gasteiger partial charge in [-0.1, -0.05) is 32.9 Å². The van der Waals surface area contributed by atoms with Gasteiger partial charge in [-0.15, -0.1) is 0 Å². The van der Waals surface area contributed by atoms with Crippen LogP contribution in [-0.4, -0.2) is 50.3 Å². The minimum absolute atomic E-state index is 0.0107. The first-order valence-electron chi connectivity index (χ1n) is 7.26. The van der Waals surface area contributed by atoms with E-state index in [9.17, 15) is 13.2 Å². The molecule has 1 aromatic carbocycles. The SMILES string of the molecule is CN(CCC(=O)O)CCS(=O)(=O)c1ccc(C(C)(C)C)cc1. The molecular formula is C16H25NO4S. The van der Waals surface area contributed by atoms with E-state index in [1.165, 1.54) is 0 Å². The third-order valence-corrected chi connectivity index (χ3v) is 5.24. The number of sulfone groups is 1. The van der Waals surface area contributed by atoms with Gasteiger partial charge in [0.05, 0.1) is 17.1 Å². The van der Waals surface area contributed by atoms with Crippen molar-refractivity contribution in [3.63, 3.8) is 0 Å². The fourth-order valence-electron chi connectivity index (χ4n) is 1.95. The van der Waals surface area contributed by atoms with Crippen LogP contribution in [0.4, 0.5) is 0 Å². The van der Waals surface area contributed by atoms with Crippen LogP contribution in [0.1, 0.15) is 32.8 Å². The number of rotatable bonds is 7. The van der Waals surface area contributed by atoms with Gasteiger partial charge in [0.2, 0.25) is 0 Å². The van der Waals surface area contributed by atoms with E-state index >= 15 is 0 Å². The van der Waals surface area contributed by atoms with Gasteiger partial charge >= 0.3 is 5.97 Å². The minimum Gasteiger partial charge on any atom is -0.481 e. The van der Waals surface area contributed by atoms with Gasteiger partial charge in [-0.25, -0.2) is 8.42 Å². The molecule has 0 bridgehead atoms. The van der Waals surface area contributed by atoms with Crippen LogP contribution in [0.3, 0.4) is 0 Å². The summed E-state index contributed by atoms with van der Waals surface area (Å²) < 4.78 is 24.6. The first kappa shape index (κ1) is 18.6. The Kier molecular flexibility index (Phi) is 6.14. The fraction of sp³-hybridized carbons (Fsp3) is 0.562. The van der Waals surface area contributed by atoms with Gasteiger partial charge < -0.3 is 10.0 Å². The van der Waals surface area contributed by atoms with Crippen molar-refractivity contribution >= 4 is 15.8 Å². The number of carbonyl (C=O) groups is 1. The van der Waals surface area contributed by atoms with Crippen LogP contribution in [0.2, 0.25) is 0 Å². The highest BCUT2D eigenvalue weighted by molar-refractivity contribution is 7.91. The summed E-state index contributed by atoms with van der Waals surface area (Å²) in [7, 11) is -1.62. The van der Waals surface area contributed by atoms with E-state index in [2.05, 4.69) is 20.8 Å². The molecular weight excluding hydrogens is 302 g/mol. The van der Waals surface area contributed by atoms with Gasteiger partial charge in [-0.2, -0.15) is 0 Å². The maximum Gasteiger partial charge on any atom is 0.304 e. The normalized spacial score (nSPS) is 12.6. The summed E-state index contributed by atoms with van der Waals surface area (Å²) in [5.41, 5.74) is 1.07. The average Bonchev–Trinajstić information content (AvgIpc) is 2.42. The molecule has 0 spiro atoms. The molecule has 0 radical (unpaired) electrons. The Hall–Kier alpha value is -1.40. The highest BCUT2D eigenvalue weighted by Crippen LogP contribution is 2.23. The highest BCUT2D eigenvalue weighted by Gasteiger charge is 2.18. The molecule has 0 aromatic heterocycles. The van der Waals surface area contributed by atoms with Gasteiger partial charge in [0.1, 0.15) is 0 Å². The Morgan fingerprint density at radius 3 is 2.14 bits per heavy atom. The quantitative estimate of drug-likeness (QED) is 0.830. The molecule has 124 valence electrons. The van der Waals surface area contributed by atoms with E-state index in [1.54, 1.807) is 24.1 Å². The first-order chi connectivity index (χ1) is 10.0.